The van der Waals surface area contributed by atoms with Gasteiger partial charge >= 0.3 is 0 Å². The van der Waals surface area contributed by atoms with Crippen molar-refractivity contribution in [1.29, 1.82) is 0 Å². The fourth-order valence-corrected chi connectivity index (χ4v) is 6.32. The molecule has 1 fully saturated rings. The number of piperazine rings is 1. The molecule has 190 valence electrons. The molecule has 1 atom stereocenters. The highest BCUT2D eigenvalue weighted by Gasteiger charge is 2.30. The zero-order valence-corrected chi connectivity index (χ0v) is 22.1. The summed E-state index contributed by atoms with van der Waals surface area (Å²) in [6, 6.07) is 13.1. The number of carbonyl (C=O) groups is 1. The molecule has 1 aliphatic carbocycles. The van der Waals surface area contributed by atoms with E-state index in [-0.39, 0.29) is 16.8 Å². The molecule has 2 aromatic rings. The second kappa shape index (κ2) is 10.3. The number of carbonyl (C=O) groups excluding carboxylic acids is 1. The Kier molecular flexibility index (Phi) is 7.54. The predicted molar refractivity (Wildman–Crippen MR) is 141 cm³/mol. The van der Waals surface area contributed by atoms with E-state index in [0.717, 1.165) is 57.5 Å². The molecule has 1 aliphatic heterocycles. The normalized spacial score (nSPS) is 19.3. The van der Waals surface area contributed by atoms with Gasteiger partial charge in [0.25, 0.3) is 0 Å². The minimum atomic E-state index is -3.85. The van der Waals surface area contributed by atoms with Crippen LogP contribution in [0, 0.1) is 5.41 Å². The highest BCUT2D eigenvalue weighted by molar-refractivity contribution is 7.89. The van der Waals surface area contributed by atoms with E-state index in [0.29, 0.717) is 11.4 Å². The van der Waals surface area contributed by atoms with Crippen molar-refractivity contribution >= 4 is 27.3 Å². The van der Waals surface area contributed by atoms with Gasteiger partial charge in [-0.2, -0.15) is 0 Å². The van der Waals surface area contributed by atoms with Crippen molar-refractivity contribution in [1.82, 2.24) is 9.62 Å². The van der Waals surface area contributed by atoms with E-state index >= 15 is 0 Å². The van der Waals surface area contributed by atoms with Crippen molar-refractivity contribution in [3.05, 3.63) is 53.6 Å². The fraction of sp³-hybridized carbons (Fsp3) is 0.519. The number of likely N-dealkylation sites (N-methyl/N-ethyl adjacent to an activating group) is 1. The number of hydrogen-bond acceptors (Lipinski definition) is 5. The Morgan fingerprint density at radius 1 is 1.06 bits per heavy atom. The van der Waals surface area contributed by atoms with Gasteiger partial charge in [0.2, 0.25) is 15.9 Å². The molecule has 8 heteroatoms. The van der Waals surface area contributed by atoms with Crippen molar-refractivity contribution in [2.24, 2.45) is 5.41 Å². The zero-order valence-electron chi connectivity index (χ0n) is 21.3. The van der Waals surface area contributed by atoms with Crippen molar-refractivity contribution in [3.8, 4) is 0 Å². The molecule has 35 heavy (non-hydrogen) atoms. The summed E-state index contributed by atoms with van der Waals surface area (Å²) in [7, 11) is -3.85. The maximum absolute atomic E-state index is 13.9. The lowest BCUT2D eigenvalue weighted by Gasteiger charge is -2.36. The second-order valence-corrected chi connectivity index (χ2v) is 12.3. The molecular weight excluding hydrogens is 460 g/mol. The maximum atomic E-state index is 13.9. The summed E-state index contributed by atoms with van der Waals surface area (Å²) in [6.45, 7) is 11.9. The monoisotopic (exact) mass is 498 g/mol. The van der Waals surface area contributed by atoms with Crippen LogP contribution in [0.15, 0.2) is 47.4 Å². The van der Waals surface area contributed by atoms with Crippen LogP contribution in [0.25, 0.3) is 0 Å². The van der Waals surface area contributed by atoms with Crippen LogP contribution in [0.3, 0.4) is 0 Å². The van der Waals surface area contributed by atoms with Crippen molar-refractivity contribution in [3.63, 3.8) is 0 Å². The standard InChI is InChI=1S/C27H38N4O3S/c1-5-30-15-17-31(18-16-30)24-14-13-21(28-26(32)27(2,3)4)19-25(24)35(33,34)29-23-12-8-10-20-9-6-7-11-22(20)23/h6-7,9,11,13-14,19,23,29H,5,8,10,12,15-18H2,1-4H3,(H,28,32)/t23-/m0/s1. The molecule has 0 spiro atoms. The molecule has 0 unspecified atom stereocenters. The van der Waals surface area contributed by atoms with Crippen LogP contribution in [0.2, 0.25) is 0 Å². The fourth-order valence-electron chi connectivity index (χ4n) is 4.82. The van der Waals surface area contributed by atoms with E-state index in [1.807, 2.05) is 45.0 Å². The minimum Gasteiger partial charge on any atom is -0.368 e. The average Bonchev–Trinajstić information content (AvgIpc) is 2.83. The van der Waals surface area contributed by atoms with Crippen molar-refractivity contribution < 1.29 is 13.2 Å². The average molecular weight is 499 g/mol. The van der Waals surface area contributed by atoms with Crippen LogP contribution in [0.1, 0.15) is 57.7 Å². The van der Waals surface area contributed by atoms with E-state index in [9.17, 15) is 13.2 Å². The van der Waals surface area contributed by atoms with Crippen molar-refractivity contribution in [2.45, 2.75) is 57.9 Å². The maximum Gasteiger partial charge on any atom is 0.243 e. The Bertz CT molecular complexity index is 1170. The van der Waals surface area contributed by atoms with Gasteiger partial charge in [-0.05, 0) is 55.1 Å². The molecule has 4 rings (SSSR count). The SMILES string of the molecule is CCN1CCN(c2ccc(NC(=O)C(C)(C)C)cc2S(=O)(=O)N[C@H]2CCCc3ccccc32)CC1. The first-order valence-electron chi connectivity index (χ1n) is 12.6. The highest BCUT2D eigenvalue weighted by atomic mass is 32.2. The van der Waals surface area contributed by atoms with Crippen LogP contribution in [-0.4, -0.2) is 51.9 Å². The molecule has 1 heterocycles. The Balaban J connectivity index is 1.68. The number of nitrogens with one attached hydrogen (secondary N) is 2. The van der Waals surface area contributed by atoms with Gasteiger partial charge in [0.15, 0.2) is 0 Å². The van der Waals surface area contributed by atoms with E-state index < -0.39 is 15.4 Å². The molecule has 0 bridgehead atoms. The predicted octanol–water partition coefficient (Wildman–Crippen LogP) is 4.17. The summed E-state index contributed by atoms with van der Waals surface area (Å²) in [5.41, 5.74) is 2.85. The van der Waals surface area contributed by atoms with Gasteiger partial charge in [0.1, 0.15) is 4.90 Å². The number of fused-ring (bicyclic) bond motifs is 1. The summed E-state index contributed by atoms with van der Waals surface area (Å²) < 4.78 is 30.7. The number of sulfonamides is 1. The second-order valence-electron chi connectivity index (χ2n) is 10.6. The van der Waals surface area contributed by atoms with Gasteiger partial charge in [0.05, 0.1) is 5.69 Å². The lowest BCUT2D eigenvalue weighted by molar-refractivity contribution is -0.123. The number of aryl methyl sites for hydroxylation is 1. The van der Waals surface area contributed by atoms with Gasteiger partial charge in [-0.3, -0.25) is 4.79 Å². The van der Waals surface area contributed by atoms with Crippen LogP contribution in [0.5, 0.6) is 0 Å². The van der Waals surface area contributed by atoms with E-state index in [2.05, 4.69) is 32.8 Å². The van der Waals surface area contributed by atoms with Crippen LogP contribution in [-0.2, 0) is 21.2 Å². The Morgan fingerprint density at radius 3 is 2.46 bits per heavy atom. The molecule has 0 saturated carbocycles. The third kappa shape index (κ3) is 5.88. The smallest absolute Gasteiger partial charge is 0.243 e. The molecule has 1 saturated heterocycles. The molecule has 2 aromatic carbocycles. The molecule has 2 N–H and O–H groups in total. The Morgan fingerprint density at radius 2 is 1.77 bits per heavy atom. The lowest BCUT2D eigenvalue weighted by Crippen LogP contribution is -2.46. The Hall–Kier alpha value is -2.42. The van der Waals surface area contributed by atoms with Gasteiger partial charge in [-0.15, -0.1) is 0 Å². The third-order valence-electron chi connectivity index (χ3n) is 7.02. The van der Waals surface area contributed by atoms with Crippen LogP contribution in [0.4, 0.5) is 11.4 Å². The minimum absolute atomic E-state index is 0.153. The first-order valence-corrected chi connectivity index (χ1v) is 14.1. The molecule has 2 aliphatic rings. The summed E-state index contributed by atoms with van der Waals surface area (Å²) >= 11 is 0. The Labute approximate surface area is 209 Å². The number of rotatable bonds is 6. The van der Waals surface area contributed by atoms with Gasteiger partial charge in [0, 0.05) is 43.3 Å². The largest absolute Gasteiger partial charge is 0.368 e. The summed E-state index contributed by atoms with van der Waals surface area (Å²) in [4.78, 5) is 17.3. The number of hydrogen-bond donors (Lipinski definition) is 2. The molecular formula is C27H38N4O3S. The summed E-state index contributed by atoms with van der Waals surface area (Å²) in [6.07, 6.45) is 2.68. The summed E-state index contributed by atoms with van der Waals surface area (Å²) in [5.74, 6) is -0.153. The number of anilines is 2. The molecule has 0 radical (unpaired) electrons. The first kappa shape index (κ1) is 25.7. The highest BCUT2D eigenvalue weighted by Crippen LogP contribution is 2.34. The third-order valence-corrected chi connectivity index (χ3v) is 8.52. The molecule has 1 amide bonds. The van der Waals surface area contributed by atoms with Crippen LogP contribution >= 0.6 is 0 Å². The van der Waals surface area contributed by atoms with Crippen LogP contribution < -0.4 is 14.9 Å². The molecule has 7 nitrogen and oxygen atoms in total. The number of benzene rings is 2. The van der Waals surface area contributed by atoms with E-state index in [4.69, 9.17) is 0 Å². The van der Waals surface area contributed by atoms with Gasteiger partial charge in [-0.1, -0.05) is 52.0 Å². The lowest BCUT2D eigenvalue weighted by atomic mass is 9.88. The topological polar surface area (TPSA) is 81.8 Å². The van der Waals surface area contributed by atoms with Crippen molar-refractivity contribution in [2.75, 3.05) is 42.9 Å². The van der Waals surface area contributed by atoms with Gasteiger partial charge in [-0.25, -0.2) is 13.1 Å². The quantitative estimate of drug-likeness (QED) is 0.625. The number of nitrogens with zero attached hydrogens (tertiary/aromatic N) is 2. The summed E-state index contributed by atoms with van der Waals surface area (Å²) in [5, 5.41) is 2.90. The first-order chi connectivity index (χ1) is 16.6. The van der Waals surface area contributed by atoms with E-state index in [1.54, 1.807) is 12.1 Å². The zero-order chi connectivity index (χ0) is 25.2. The van der Waals surface area contributed by atoms with Gasteiger partial charge < -0.3 is 15.1 Å². The van der Waals surface area contributed by atoms with E-state index in [1.165, 1.54) is 5.56 Å². The number of amides is 1. The molecule has 0 aromatic heterocycles.